The highest BCUT2D eigenvalue weighted by atomic mass is 79.9. The van der Waals surface area contributed by atoms with Crippen LogP contribution < -0.4 is 0 Å². The lowest BCUT2D eigenvalue weighted by Crippen LogP contribution is -2.05. The Balaban J connectivity index is 3.47. The summed E-state index contributed by atoms with van der Waals surface area (Å²) in [7, 11) is -9.63. The van der Waals surface area contributed by atoms with Crippen molar-refractivity contribution in [2.24, 2.45) is 0 Å². The van der Waals surface area contributed by atoms with Crippen LogP contribution in [-0.2, 0) is 0 Å². The maximum absolute atomic E-state index is 12.3. The predicted octanol–water partition coefficient (Wildman–Crippen LogP) is 5.66. The first-order valence-electron chi connectivity index (χ1n) is 3.35. The Morgan fingerprint density at radius 2 is 1.67 bits per heavy atom. The van der Waals surface area contributed by atoms with Crippen LogP contribution in [0.5, 0.6) is 0 Å². The summed E-state index contributed by atoms with van der Waals surface area (Å²) in [4.78, 5) is 0.837. The van der Waals surface area contributed by atoms with E-state index in [0.29, 0.717) is 6.07 Å². The quantitative estimate of drug-likeness (QED) is 0.466. The predicted molar refractivity (Wildman–Crippen MR) is 51.8 cm³/mol. The molecular formula is C7H3BrF5NS. The zero-order valence-electron chi connectivity index (χ0n) is 6.86. The highest BCUT2D eigenvalue weighted by molar-refractivity contribution is 9.10. The summed E-state index contributed by atoms with van der Waals surface area (Å²) in [5.41, 5.74) is -0.152. The Labute approximate surface area is 90.6 Å². The van der Waals surface area contributed by atoms with Gasteiger partial charge in [0.1, 0.15) is 4.90 Å². The van der Waals surface area contributed by atoms with Crippen LogP contribution in [0, 0.1) is 6.57 Å². The molecule has 0 bridgehead atoms. The molecule has 8 heteroatoms. The van der Waals surface area contributed by atoms with Crippen LogP contribution in [-0.4, -0.2) is 0 Å². The highest BCUT2D eigenvalue weighted by Crippen LogP contribution is 3.02. The Morgan fingerprint density at radius 1 is 1.13 bits per heavy atom. The molecule has 0 aromatic heterocycles. The lowest BCUT2D eigenvalue weighted by molar-refractivity contribution is 0.364. The summed E-state index contributed by atoms with van der Waals surface area (Å²) in [5, 5.41) is 0. The third kappa shape index (κ3) is 2.82. The molecule has 0 aliphatic rings. The highest BCUT2D eigenvalue weighted by Gasteiger charge is 2.65. The van der Waals surface area contributed by atoms with Crippen molar-refractivity contribution >= 4 is 31.8 Å². The molecule has 0 aliphatic heterocycles. The first kappa shape index (κ1) is 12.3. The van der Waals surface area contributed by atoms with Crippen LogP contribution in [0.4, 0.5) is 25.1 Å². The van der Waals surface area contributed by atoms with Crippen molar-refractivity contribution in [2.75, 3.05) is 0 Å². The van der Waals surface area contributed by atoms with Gasteiger partial charge in [0.05, 0.1) is 6.57 Å². The molecule has 1 rings (SSSR count). The van der Waals surface area contributed by atoms with Gasteiger partial charge in [0.2, 0.25) is 5.69 Å². The van der Waals surface area contributed by atoms with E-state index in [1.54, 1.807) is 0 Å². The number of nitrogens with zero attached hydrogens (tertiary/aromatic N) is 1. The van der Waals surface area contributed by atoms with Crippen molar-refractivity contribution in [1.29, 1.82) is 0 Å². The number of rotatable bonds is 1. The molecule has 84 valence electrons. The minimum atomic E-state index is -9.63. The van der Waals surface area contributed by atoms with Crippen molar-refractivity contribution in [1.82, 2.24) is 0 Å². The van der Waals surface area contributed by atoms with Gasteiger partial charge in [0.25, 0.3) is 0 Å². The largest absolute Gasteiger partial charge is 0.310 e. The van der Waals surface area contributed by atoms with E-state index < -0.39 is 15.1 Å². The van der Waals surface area contributed by atoms with Gasteiger partial charge < -0.3 is 0 Å². The van der Waals surface area contributed by atoms with E-state index in [-0.39, 0.29) is 22.3 Å². The Hall–Kier alpha value is -0.810. The first-order chi connectivity index (χ1) is 6.44. The number of halogens is 6. The van der Waals surface area contributed by atoms with Gasteiger partial charge in [0.15, 0.2) is 0 Å². The van der Waals surface area contributed by atoms with Gasteiger partial charge in [-0.2, -0.15) is 0 Å². The summed E-state index contributed by atoms with van der Waals surface area (Å²) in [6.07, 6.45) is 0. The van der Waals surface area contributed by atoms with Crippen molar-refractivity contribution in [2.45, 2.75) is 4.90 Å². The summed E-state index contributed by atoms with van der Waals surface area (Å²) >= 11 is 2.62. The Bertz CT molecular complexity index is 460. The fraction of sp³-hybridized carbons (Fsp3) is 0. The normalized spacial score (nSPS) is 16.3. The Kier molecular flexibility index (Phi) is 2.17. The minimum Gasteiger partial charge on any atom is -0.237 e. The van der Waals surface area contributed by atoms with E-state index in [0.717, 1.165) is 0 Å². The van der Waals surface area contributed by atoms with Gasteiger partial charge in [-0.3, -0.25) is 0 Å². The number of hydrogen-bond donors (Lipinski definition) is 0. The molecule has 1 aromatic rings. The van der Waals surface area contributed by atoms with Gasteiger partial charge in [-0.25, -0.2) is 4.85 Å². The molecule has 0 saturated carbocycles. The van der Waals surface area contributed by atoms with E-state index in [2.05, 4.69) is 20.8 Å². The van der Waals surface area contributed by atoms with E-state index in [9.17, 15) is 19.4 Å². The average molecular weight is 308 g/mol. The molecule has 0 aliphatic carbocycles. The third-order valence-corrected chi connectivity index (χ3v) is 3.26. The monoisotopic (exact) mass is 307 g/mol. The molecule has 0 atom stereocenters. The maximum atomic E-state index is 12.3. The molecule has 0 unspecified atom stereocenters. The summed E-state index contributed by atoms with van der Waals surface area (Å²) in [6.45, 7) is 6.54. The summed E-state index contributed by atoms with van der Waals surface area (Å²) < 4.78 is 61.0. The van der Waals surface area contributed by atoms with Crippen molar-refractivity contribution in [3.8, 4) is 0 Å². The van der Waals surface area contributed by atoms with Crippen LogP contribution >= 0.6 is 26.2 Å². The van der Waals surface area contributed by atoms with E-state index >= 15 is 0 Å². The molecule has 15 heavy (non-hydrogen) atoms. The average Bonchev–Trinajstić information content (AvgIpc) is 2.00. The second-order valence-corrected chi connectivity index (χ2v) is 5.96. The fourth-order valence-corrected chi connectivity index (χ4v) is 2.10. The molecule has 0 saturated heterocycles. The summed E-state index contributed by atoms with van der Waals surface area (Å²) in [5.74, 6) is 0. The maximum Gasteiger partial charge on any atom is 0.310 e. The minimum absolute atomic E-state index is 0.152. The van der Waals surface area contributed by atoms with Crippen LogP contribution in [0.15, 0.2) is 27.6 Å². The van der Waals surface area contributed by atoms with Gasteiger partial charge in [-0.15, -0.1) is 0 Å². The van der Waals surface area contributed by atoms with Crippen molar-refractivity contribution < 1.29 is 19.4 Å². The van der Waals surface area contributed by atoms with Crippen LogP contribution in [0.2, 0.25) is 0 Å². The topological polar surface area (TPSA) is 4.36 Å². The SMILES string of the molecule is [C-]#[N+]c1ccc(S(F)(F)(F)(F)F)cc1Br. The smallest absolute Gasteiger partial charge is 0.237 e. The third-order valence-electron chi connectivity index (χ3n) is 1.49. The zero-order valence-corrected chi connectivity index (χ0v) is 9.26. The van der Waals surface area contributed by atoms with Gasteiger partial charge in [-0.1, -0.05) is 41.4 Å². The van der Waals surface area contributed by atoms with Gasteiger partial charge in [0, 0.05) is 4.47 Å². The van der Waals surface area contributed by atoms with Crippen molar-refractivity contribution in [3.63, 3.8) is 0 Å². The van der Waals surface area contributed by atoms with E-state index in [4.69, 9.17) is 6.57 Å². The lowest BCUT2D eigenvalue weighted by Gasteiger charge is -2.40. The molecule has 1 aromatic carbocycles. The van der Waals surface area contributed by atoms with Gasteiger partial charge in [-0.05, 0) is 12.1 Å². The lowest BCUT2D eigenvalue weighted by atomic mass is 10.3. The number of hydrogen-bond acceptors (Lipinski definition) is 0. The molecule has 0 fully saturated rings. The van der Waals surface area contributed by atoms with Crippen LogP contribution in [0.1, 0.15) is 0 Å². The second-order valence-electron chi connectivity index (χ2n) is 2.69. The Morgan fingerprint density at radius 3 is 2.00 bits per heavy atom. The van der Waals surface area contributed by atoms with E-state index in [1.165, 1.54) is 0 Å². The molecule has 0 spiro atoms. The molecule has 1 nitrogen and oxygen atoms in total. The first-order valence-corrected chi connectivity index (χ1v) is 6.09. The molecule has 0 heterocycles. The molecule has 0 amide bonds. The van der Waals surface area contributed by atoms with Crippen molar-refractivity contribution in [3.05, 3.63) is 34.1 Å². The van der Waals surface area contributed by atoms with Crippen LogP contribution in [0.3, 0.4) is 0 Å². The zero-order chi connectivity index (χ0) is 12.0. The molecular weight excluding hydrogens is 305 g/mol. The fourth-order valence-electron chi connectivity index (χ4n) is 0.818. The molecule has 0 radical (unpaired) electrons. The number of benzene rings is 1. The van der Waals surface area contributed by atoms with E-state index in [1.807, 2.05) is 0 Å². The van der Waals surface area contributed by atoms with Crippen LogP contribution in [0.25, 0.3) is 4.85 Å². The second kappa shape index (κ2) is 2.65. The van der Waals surface area contributed by atoms with Gasteiger partial charge >= 0.3 is 10.2 Å². The standard InChI is InChI=1S/C7H3BrF5NS/c1-14-7-3-2-5(4-6(7)8)15(9,10,11,12)13/h2-4H. The molecule has 0 N–H and O–H groups in total. The summed E-state index contributed by atoms with van der Waals surface area (Å²) in [6, 6.07) is 1.12.